The number of hydrogen-bond acceptors (Lipinski definition) is 7. The Kier molecular flexibility index (Phi) is 4.02. The van der Waals surface area contributed by atoms with Gasteiger partial charge in [-0.05, 0) is 19.4 Å². The van der Waals surface area contributed by atoms with Gasteiger partial charge in [0.05, 0.1) is 6.61 Å². The first kappa shape index (κ1) is 13.9. The van der Waals surface area contributed by atoms with Gasteiger partial charge in [0.15, 0.2) is 0 Å². The summed E-state index contributed by atoms with van der Waals surface area (Å²) in [6, 6.07) is 0. The number of nitrogens with two attached hydrogens (primary N) is 1. The van der Waals surface area contributed by atoms with Crippen molar-refractivity contribution >= 4 is 0 Å². The van der Waals surface area contributed by atoms with Crippen LogP contribution in [0, 0.1) is 0 Å². The van der Waals surface area contributed by atoms with E-state index in [2.05, 4.69) is 22.0 Å². The summed E-state index contributed by atoms with van der Waals surface area (Å²) in [6.07, 6.45) is 1.30. The maximum atomic E-state index is 6.35. The van der Waals surface area contributed by atoms with Gasteiger partial charge in [-0.25, -0.2) is 0 Å². The van der Waals surface area contributed by atoms with Crippen LogP contribution in [0.1, 0.15) is 37.6 Å². The van der Waals surface area contributed by atoms with E-state index in [1.165, 1.54) is 0 Å². The Morgan fingerprint density at radius 3 is 2.90 bits per heavy atom. The highest BCUT2D eigenvalue weighted by Gasteiger charge is 2.37. The first-order valence-corrected chi connectivity index (χ1v) is 7.26. The Hall–Kier alpha value is -1.02. The molecule has 2 N–H and O–H groups in total. The van der Waals surface area contributed by atoms with E-state index in [1.807, 2.05) is 0 Å². The summed E-state index contributed by atoms with van der Waals surface area (Å²) in [5, 5.41) is 4.07. The lowest BCUT2D eigenvalue weighted by Gasteiger charge is -2.30. The summed E-state index contributed by atoms with van der Waals surface area (Å²) in [5.41, 5.74) is 5.80. The van der Waals surface area contributed by atoms with E-state index < -0.39 is 5.54 Å². The standard InChI is InChI=1S/C13H22N4O3/c1-2-17-5-8-19-10(9-17)11-15-12(20-16-11)13(14)3-6-18-7-4-13/h10H,2-9,14H2,1H3. The van der Waals surface area contributed by atoms with Crippen molar-refractivity contribution in [3.63, 3.8) is 0 Å². The average molecular weight is 282 g/mol. The molecule has 0 bridgehead atoms. The van der Waals surface area contributed by atoms with E-state index >= 15 is 0 Å². The van der Waals surface area contributed by atoms with Gasteiger partial charge in [0.2, 0.25) is 11.7 Å². The maximum Gasteiger partial charge on any atom is 0.247 e. The number of rotatable bonds is 3. The zero-order valence-corrected chi connectivity index (χ0v) is 11.9. The van der Waals surface area contributed by atoms with Gasteiger partial charge in [0, 0.05) is 26.3 Å². The van der Waals surface area contributed by atoms with Crippen LogP contribution in [0.5, 0.6) is 0 Å². The fourth-order valence-electron chi connectivity index (χ4n) is 2.66. The van der Waals surface area contributed by atoms with Gasteiger partial charge in [0.1, 0.15) is 11.6 Å². The molecule has 3 heterocycles. The zero-order valence-electron chi connectivity index (χ0n) is 11.9. The fourth-order valence-corrected chi connectivity index (χ4v) is 2.66. The quantitative estimate of drug-likeness (QED) is 0.860. The van der Waals surface area contributed by atoms with E-state index in [9.17, 15) is 0 Å². The van der Waals surface area contributed by atoms with Crippen LogP contribution >= 0.6 is 0 Å². The highest BCUT2D eigenvalue weighted by molar-refractivity contribution is 5.05. The number of ether oxygens (including phenoxy) is 2. The Morgan fingerprint density at radius 1 is 1.35 bits per heavy atom. The predicted octanol–water partition coefficient (Wildman–Crippen LogP) is 0.427. The third kappa shape index (κ3) is 2.71. The molecule has 20 heavy (non-hydrogen) atoms. The number of likely N-dealkylation sites (N-methyl/N-ethyl adjacent to an activating group) is 1. The molecular formula is C13H22N4O3. The van der Waals surface area contributed by atoms with E-state index in [-0.39, 0.29) is 6.10 Å². The van der Waals surface area contributed by atoms with Crippen molar-refractivity contribution in [3.8, 4) is 0 Å². The lowest BCUT2D eigenvalue weighted by atomic mass is 9.91. The smallest absolute Gasteiger partial charge is 0.247 e. The average Bonchev–Trinajstić information content (AvgIpc) is 2.99. The van der Waals surface area contributed by atoms with E-state index in [0.717, 1.165) is 19.6 Å². The van der Waals surface area contributed by atoms with Crippen molar-refractivity contribution in [3.05, 3.63) is 11.7 Å². The Balaban J connectivity index is 1.73. The summed E-state index contributed by atoms with van der Waals surface area (Å²) in [4.78, 5) is 6.80. The van der Waals surface area contributed by atoms with Crippen LogP contribution < -0.4 is 5.73 Å². The molecule has 0 spiro atoms. The Morgan fingerprint density at radius 2 is 2.15 bits per heavy atom. The van der Waals surface area contributed by atoms with Crippen molar-refractivity contribution in [2.45, 2.75) is 31.4 Å². The molecule has 1 aromatic rings. The third-order valence-corrected chi connectivity index (χ3v) is 4.14. The number of aromatic nitrogens is 2. The van der Waals surface area contributed by atoms with Crippen LogP contribution in [0.4, 0.5) is 0 Å². The fraction of sp³-hybridized carbons (Fsp3) is 0.846. The predicted molar refractivity (Wildman–Crippen MR) is 71.0 cm³/mol. The van der Waals surface area contributed by atoms with Crippen molar-refractivity contribution in [1.82, 2.24) is 15.0 Å². The molecule has 2 fully saturated rings. The van der Waals surface area contributed by atoms with Crippen LogP contribution in [-0.2, 0) is 15.0 Å². The van der Waals surface area contributed by atoms with Gasteiger partial charge < -0.3 is 19.7 Å². The molecule has 0 aliphatic carbocycles. The second kappa shape index (κ2) is 5.77. The molecule has 2 aliphatic heterocycles. The molecule has 0 amide bonds. The Labute approximate surface area is 118 Å². The van der Waals surface area contributed by atoms with Gasteiger partial charge in [-0.1, -0.05) is 12.1 Å². The van der Waals surface area contributed by atoms with Crippen LogP contribution in [-0.4, -0.2) is 54.5 Å². The lowest BCUT2D eigenvalue weighted by Crippen LogP contribution is -2.42. The monoisotopic (exact) mass is 282 g/mol. The molecular weight excluding hydrogens is 260 g/mol. The summed E-state index contributed by atoms with van der Waals surface area (Å²) in [7, 11) is 0. The van der Waals surface area contributed by atoms with E-state index in [1.54, 1.807) is 0 Å². The molecule has 1 atom stereocenters. The second-order valence-corrected chi connectivity index (χ2v) is 5.48. The zero-order chi connectivity index (χ0) is 14.0. The number of nitrogens with zero attached hydrogens (tertiary/aromatic N) is 3. The largest absolute Gasteiger partial charge is 0.381 e. The van der Waals surface area contributed by atoms with Gasteiger partial charge in [-0.15, -0.1) is 0 Å². The molecule has 0 saturated carbocycles. The van der Waals surface area contributed by atoms with Crippen LogP contribution in [0.15, 0.2) is 4.52 Å². The molecule has 2 aliphatic rings. The first-order chi connectivity index (χ1) is 9.71. The first-order valence-electron chi connectivity index (χ1n) is 7.26. The normalized spacial score (nSPS) is 27.6. The van der Waals surface area contributed by atoms with Gasteiger partial charge >= 0.3 is 0 Å². The molecule has 1 unspecified atom stereocenters. The maximum absolute atomic E-state index is 6.35. The molecule has 0 aromatic carbocycles. The molecule has 112 valence electrons. The molecule has 7 heteroatoms. The van der Waals surface area contributed by atoms with E-state index in [0.29, 0.717) is 44.4 Å². The van der Waals surface area contributed by atoms with Crippen molar-refractivity contribution in [2.75, 3.05) is 39.5 Å². The van der Waals surface area contributed by atoms with Crippen LogP contribution in [0.3, 0.4) is 0 Å². The summed E-state index contributed by atoms with van der Waals surface area (Å²) in [5.74, 6) is 1.11. The summed E-state index contributed by atoms with van der Waals surface area (Å²) < 4.78 is 16.5. The number of morpholine rings is 1. The van der Waals surface area contributed by atoms with Crippen molar-refractivity contribution in [1.29, 1.82) is 0 Å². The topological polar surface area (TPSA) is 86.6 Å². The molecule has 1 aromatic heterocycles. The van der Waals surface area contributed by atoms with Gasteiger partial charge in [0.25, 0.3) is 0 Å². The van der Waals surface area contributed by atoms with E-state index in [4.69, 9.17) is 19.7 Å². The highest BCUT2D eigenvalue weighted by atomic mass is 16.5. The molecule has 7 nitrogen and oxygen atoms in total. The molecule has 2 saturated heterocycles. The lowest BCUT2D eigenvalue weighted by molar-refractivity contribution is -0.0334. The van der Waals surface area contributed by atoms with Crippen molar-refractivity contribution < 1.29 is 14.0 Å². The molecule has 3 rings (SSSR count). The minimum atomic E-state index is -0.553. The second-order valence-electron chi connectivity index (χ2n) is 5.48. The van der Waals surface area contributed by atoms with Gasteiger partial charge in [-0.2, -0.15) is 4.98 Å². The summed E-state index contributed by atoms with van der Waals surface area (Å²) >= 11 is 0. The number of hydrogen-bond donors (Lipinski definition) is 1. The van der Waals surface area contributed by atoms with Crippen molar-refractivity contribution in [2.24, 2.45) is 5.73 Å². The highest BCUT2D eigenvalue weighted by Crippen LogP contribution is 2.29. The van der Waals surface area contributed by atoms with Crippen LogP contribution in [0.25, 0.3) is 0 Å². The SMILES string of the molecule is CCN1CCOC(c2noc(C3(N)CCOCC3)n2)C1. The summed E-state index contributed by atoms with van der Waals surface area (Å²) in [6.45, 7) is 6.87. The van der Waals surface area contributed by atoms with Gasteiger partial charge in [-0.3, -0.25) is 4.90 Å². The minimum absolute atomic E-state index is 0.121. The molecule has 0 radical (unpaired) electrons. The van der Waals surface area contributed by atoms with Crippen LogP contribution in [0.2, 0.25) is 0 Å². The minimum Gasteiger partial charge on any atom is -0.381 e. The Bertz CT molecular complexity index is 445. The third-order valence-electron chi connectivity index (χ3n) is 4.14.